The largest absolute Gasteiger partial charge is 0.477 e. The molecule has 25 heavy (non-hydrogen) atoms. The van der Waals surface area contributed by atoms with Gasteiger partial charge < -0.3 is 5.11 Å². The second kappa shape index (κ2) is 6.88. The monoisotopic (exact) mass is 340 g/mol. The number of benzene rings is 1. The number of carboxylic acids is 1. The van der Waals surface area contributed by atoms with Crippen LogP contribution in [0.1, 0.15) is 42.1 Å². The summed E-state index contributed by atoms with van der Waals surface area (Å²) in [5.74, 6) is -0.665. The second-order valence-corrected chi connectivity index (χ2v) is 6.04. The summed E-state index contributed by atoms with van der Waals surface area (Å²) < 4.78 is 1.42. The number of aryl methyl sites for hydroxylation is 1. The number of carboxylic acid groups (broad SMARTS) is 1. The fraction of sp³-hybridized carbons (Fsp3) is 0.333. The number of nitrogens with one attached hydrogen (secondary N) is 1. The number of aromatic nitrogens is 2. The van der Waals surface area contributed by atoms with Crippen molar-refractivity contribution in [2.75, 3.05) is 5.43 Å². The molecule has 0 saturated carbocycles. The summed E-state index contributed by atoms with van der Waals surface area (Å²) >= 11 is 0. The van der Waals surface area contributed by atoms with E-state index in [-0.39, 0.29) is 11.5 Å². The molecule has 7 heteroatoms. The summed E-state index contributed by atoms with van der Waals surface area (Å²) in [5, 5.41) is 13.8. The van der Waals surface area contributed by atoms with Gasteiger partial charge in [0.25, 0.3) is 5.56 Å². The molecule has 2 aromatic rings. The number of aromatic carboxylic acids is 1. The van der Waals surface area contributed by atoms with E-state index in [4.69, 9.17) is 0 Å². The van der Waals surface area contributed by atoms with Crippen molar-refractivity contribution in [1.29, 1.82) is 0 Å². The third kappa shape index (κ3) is 3.17. The van der Waals surface area contributed by atoms with Crippen LogP contribution in [0.2, 0.25) is 0 Å². The number of fused-ring (bicyclic) bond motifs is 1. The summed E-state index contributed by atoms with van der Waals surface area (Å²) in [7, 11) is 0. The van der Waals surface area contributed by atoms with Crippen molar-refractivity contribution in [3.05, 3.63) is 57.8 Å². The molecular formula is C18H20N4O3. The van der Waals surface area contributed by atoms with Gasteiger partial charge in [0.05, 0.1) is 11.4 Å². The molecule has 3 rings (SSSR count). The lowest BCUT2D eigenvalue weighted by Crippen LogP contribution is -2.39. The molecule has 0 amide bonds. The normalized spacial score (nSPS) is 18.0. The average Bonchev–Trinajstić information content (AvgIpc) is 2.61. The highest BCUT2D eigenvalue weighted by molar-refractivity contribution is 6.00. The maximum atomic E-state index is 12.6. The number of rotatable bonds is 4. The van der Waals surface area contributed by atoms with Crippen LogP contribution >= 0.6 is 0 Å². The molecule has 0 spiro atoms. The minimum absolute atomic E-state index is 0.114. The zero-order chi connectivity index (χ0) is 18.0. The first-order chi connectivity index (χ1) is 12.0. The Bertz CT molecular complexity index is 887. The van der Waals surface area contributed by atoms with E-state index >= 15 is 0 Å². The minimum atomic E-state index is -1.23. The van der Waals surface area contributed by atoms with Gasteiger partial charge in [-0.05, 0) is 25.0 Å². The van der Waals surface area contributed by atoms with Crippen LogP contribution in [0.3, 0.4) is 0 Å². The molecule has 0 fully saturated rings. The van der Waals surface area contributed by atoms with E-state index in [1.807, 2.05) is 37.3 Å². The highest BCUT2D eigenvalue weighted by Crippen LogP contribution is 2.20. The first kappa shape index (κ1) is 16.9. The Morgan fingerprint density at radius 1 is 1.40 bits per heavy atom. The van der Waals surface area contributed by atoms with Crippen LogP contribution in [0.25, 0.3) is 0 Å². The molecule has 1 aromatic carbocycles. The van der Waals surface area contributed by atoms with E-state index in [1.165, 1.54) is 4.57 Å². The van der Waals surface area contributed by atoms with Gasteiger partial charge in [-0.1, -0.05) is 32.0 Å². The topological polar surface area (TPSA) is 96.6 Å². The van der Waals surface area contributed by atoms with Crippen LogP contribution in [0.15, 0.2) is 40.2 Å². The lowest BCUT2D eigenvalue weighted by molar-refractivity contribution is 0.0692. The quantitative estimate of drug-likeness (QED) is 0.833. The molecule has 7 nitrogen and oxygen atoms in total. The van der Waals surface area contributed by atoms with Crippen LogP contribution in [-0.2, 0) is 13.0 Å². The third-order valence-corrected chi connectivity index (χ3v) is 4.35. The molecule has 2 N–H and O–H groups in total. The predicted octanol–water partition coefficient (Wildman–Crippen LogP) is 2.36. The molecule has 2 heterocycles. The third-order valence-electron chi connectivity index (χ3n) is 4.35. The number of anilines is 1. The predicted molar refractivity (Wildman–Crippen MR) is 95.2 cm³/mol. The second-order valence-electron chi connectivity index (χ2n) is 6.04. The summed E-state index contributed by atoms with van der Waals surface area (Å²) in [6.07, 6.45) is 1.08. The van der Waals surface area contributed by atoms with E-state index < -0.39 is 11.5 Å². The van der Waals surface area contributed by atoms with Gasteiger partial charge in [0.15, 0.2) is 5.82 Å². The molecule has 130 valence electrons. The number of hydrazone groups is 1. The van der Waals surface area contributed by atoms with Gasteiger partial charge in [-0.25, -0.2) is 9.78 Å². The number of nitrogens with zero attached hydrogens (tertiary/aromatic N) is 3. The average molecular weight is 340 g/mol. The Morgan fingerprint density at radius 3 is 2.76 bits per heavy atom. The van der Waals surface area contributed by atoms with Crippen LogP contribution < -0.4 is 11.0 Å². The van der Waals surface area contributed by atoms with Gasteiger partial charge in [-0.2, -0.15) is 5.10 Å². The highest BCUT2D eigenvalue weighted by atomic mass is 16.4. The standard InChI is InChI=1S/C18H20N4O3/c1-3-13-14(18(24)25)17(23)22-10-9-11(2)15(16(22)19-13)21-20-12-7-5-4-6-8-12/h4-8,11,20H,3,9-10H2,1-2H3,(H,24,25). The molecule has 0 bridgehead atoms. The Labute approximate surface area is 145 Å². The van der Waals surface area contributed by atoms with Crippen molar-refractivity contribution < 1.29 is 9.90 Å². The molecule has 0 saturated heterocycles. The van der Waals surface area contributed by atoms with Gasteiger partial charge in [-0.3, -0.25) is 14.8 Å². The van der Waals surface area contributed by atoms with Crippen molar-refractivity contribution in [2.24, 2.45) is 11.0 Å². The zero-order valence-electron chi connectivity index (χ0n) is 14.2. The summed E-state index contributed by atoms with van der Waals surface area (Å²) in [4.78, 5) is 28.5. The SMILES string of the molecule is CCc1nc2n(c(=O)c1C(=O)O)CCC(C)C2=NNc1ccccc1. The molecular weight excluding hydrogens is 320 g/mol. The van der Waals surface area contributed by atoms with E-state index in [1.54, 1.807) is 6.92 Å². The van der Waals surface area contributed by atoms with Crippen molar-refractivity contribution in [3.63, 3.8) is 0 Å². The number of carbonyl (C=O) groups is 1. The minimum Gasteiger partial charge on any atom is -0.477 e. The van der Waals surface area contributed by atoms with E-state index in [0.717, 1.165) is 5.69 Å². The van der Waals surface area contributed by atoms with Gasteiger partial charge in [0.1, 0.15) is 11.3 Å². The van der Waals surface area contributed by atoms with Crippen molar-refractivity contribution in [1.82, 2.24) is 9.55 Å². The fourth-order valence-corrected chi connectivity index (χ4v) is 2.95. The number of hydrogen-bond acceptors (Lipinski definition) is 5. The van der Waals surface area contributed by atoms with Crippen LogP contribution in [0.5, 0.6) is 0 Å². The Kier molecular flexibility index (Phi) is 4.65. The van der Waals surface area contributed by atoms with Gasteiger partial charge in [0.2, 0.25) is 0 Å². The van der Waals surface area contributed by atoms with Gasteiger partial charge >= 0.3 is 5.97 Å². The van der Waals surface area contributed by atoms with Crippen LogP contribution in [0.4, 0.5) is 5.69 Å². The molecule has 1 unspecified atom stereocenters. The number of hydrogen-bond donors (Lipinski definition) is 2. The van der Waals surface area contributed by atoms with Gasteiger partial charge in [-0.15, -0.1) is 0 Å². The van der Waals surface area contributed by atoms with Crippen molar-refractivity contribution >= 4 is 17.4 Å². The summed E-state index contributed by atoms with van der Waals surface area (Å²) in [5.41, 5.74) is 4.05. The molecule has 1 aromatic heterocycles. The number of para-hydroxylation sites is 1. The molecule has 1 aliphatic rings. The molecule has 1 atom stereocenters. The summed E-state index contributed by atoms with van der Waals surface area (Å²) in [6.45, 7) is 4.26. The fourth-order valence-electron chi connectivity index (χ4n) is 2.95. The van der Waals surface area contributed by atoms with E-state index in [0.29, 0.717) is 36.6 Å². The Hall–Kier alpha value is -2.96. The van der Waals surface area contributed by atoms with E-state index in [9.17, 15) is 14.7 Å². The van der Waals surface area contributed by atoms with Crippen LogP contribution in [0, 0.1) is 5.92 Å². The lowest BCUT2D eigenvalue weighted by Gasteiger charge is -2.25. The molecule has 0 aliphatic carbocycles. The maximum Gasteiger partial charge on any atom is 0.343 e. The smallest absolute Gasteiger partial charge is 0.343 e. The first-order valence-electron chi connectivity index (χ1n) is 8.29. The molecule has 0 radical (unpaired) electrons. The maximum absolute atomic E-state index is 12.6. The van der Waals surface area contributed by atoms with E-state index in [2.05, 4.69) is 15.5 Å². The lowest BCUT2D eigenvalue weighted by atomic mass is 9.96. The zero-order valence-corrected chi connectivity index (χ0v) is 14.2. The Morgan fingerprint density at radius 2 is 2.12 bits per heavy atom. The first-order valence-corrected chi connectivity index (χ1v) is 8.29. The Balaban J connectivity index is 2.11. The van der Waals surface area contributed by atoms with Crippen LogP contribution in [-0.4, -0.2) is 26.3 Å². The van der Waals surface area contributed by atoms with Crippen molar-refractivity contribution in [3.8, 4) is 0 Å². The van der Waals surface area contributed by atoms with Crippen molar-refractivity contribution in [2.45, 2.75) is 33.2 Å². The molecule has 1 aliphatic heterocycles. The summed E-state index contributed by atoms with van der Waals surface area (Å²) in [6, 6.07) is 9.50. The van der Waals surface area contributed by atoms with Gasteiger partial charge in [0, 0.05) is 12.5 Å². The highest BCUT2D eigenvalue weighted by Gasteiger charge is 2.29.